The van der Waals surface area contributed by atoms with Gasteiger partial charge in [-0.15, -0.1) is 11.8 Å². The molecular weight excluding hydrogens is 702 g/mol. The highest BCUT2D eigenvalue weighted by Crippen LogP contribution is 2.36. The van der Waals surface area contributed by atoms with Gasteiger partial charge in [0.25, 0.3) is 11.8 Å². The highest BCUT2D eigenvalue weighted by Gasteiger charge is 2.40. The van der Waals surface area contributed by atoms with Gasteiger partial charge in [0.15, 0.2) is 11.5 Å². The molecule has 0 saturated carbocycles. The Balaban J connectivity index is 1.16. The molecule has 6 rings (SSSR count). The molecule has 0 aliphatic carbocycles. The summed E-state index contributed by atoms with van der Waals surface area (Å²) in [5, 5.41) is 5.48. The van der Waals surface area contributed by atoms with Gasteiger partial charge in [-0.05, 0) is 91.0 Å². The molecule has 1 atom stereocenters. The highest BCUT2D eigenvalue weighted by molar-refractivity contribution is 8.00. The van der Waals surface area contributed by atoms with E-state index in [1.807, 2.05) is 0 Å². The first-order valence-electron chi connectivity index (χ1n) is 16.0. The first-order valence-corrected chi connectivity index (χ1v) is 17.3. The molecule has 2 N–H and O–H groups in total. The van der Waals surface area contributed by atoms with Crippen molar-refractivity contribution in [2.75, 3.05) is 24.4 Å². The molecule has 4 amide bonds. The van der Waals surface area contributed by atoms with Gasteiger partial charge in [0.2, 0.25) is 11.8 Å². The van der Waals surface area contributed by atoms with Gasteiger partial charge in [-0.2, -0.15) is 0 Å². The number of halogens is 1. The van der Waals surface area contributed by atoms with Crippen molar-refractivity contribution in [3.63, 3.8) is 0 Å². The van der Waals surface area contributed by atoms with Crippen LogP contribution in [0.25, 0.3) is 6.08 Å². The maximum absolute atomic E-state index is 13.7. The van der Waals surface area contributed by atoms with E-state index in [1.54, 1.807) is 121 Å². The summed E-state index contributed by atoms with van der Waals surface area (Å²) in [6, 6.07) is 34.2. The molecule has 1 saturated heterocycles. The standard InChI is InChI=1S/C40H32ClN3O7S/c1-49-34-13-6-10-26(37(34)50-2)22-33(43-38(46)25-8-4-3-5-9-25)39(47)42-28-11-7-12-32(23-28)52-35-24-36(45)44(40(35)48)29-16-20-31(21-17-29)51-30-18-14-27(41)15-19-30/h3-23,35H,24H2,1-2H3,(H,42,47)(H,43,46)/b33-22-. The van der Waals surface area contributed by atoms with Crippen molar-refractivity contribution >= 4 is 64.4 Å². The molecule has 1 aliphatic heterocycles. The van der Waals surface area contributed by atoms with Gasteiger partial charge in [-0.25, -0.2) is 4.90 Å². The molecule has 10 nitrogen and oxygen atoms in total. The van der Waals surface area contributed by atoms with E-state index in [4.69, 9.17) is 25.8 Å². The summed E-state index contributed by atoms with van der Waals surface area (Å²) in [7, 11) is 2.99. The van der Waals surface area contributed by atoms with Gasteiger partial charge < -0.3 is 24.8 Å². The zero-order valence-corrected chi connectivity index (χ0v) is 29.6. The van der Waals surface area contributed by atoms with Gasteiger partial charge in [-0.1, -0.05) is 48.0 Å². The quantitative estimate of drug-likeness (QED) is 0.0978. The molecule has 5 aromatic carbocycles. The number of amides is 4. The minimum absolute atomic E-state index is 0.00386. The van der Waals surface area contributed by atoms with Gasteiger partial charge >= 0.3 is 0 Å². The lowest BCUT2D eigenvalue weighted by Crippen LogP contribution is -2.31. The van der Waals surface area contributed by atoms with Crippen molar-refractivity contribution < 1.29 is 33.4 Å². The van der Waals surface area contributed by atoms with E-state index in [0.29, 0.717) is 55.4 Å². The SMILES string of the molecule is COc1cccc(/C=C(\NC(=O)c2ccccc2)C(=O)Nc2cccc(SC3CC(=O)N(c4ccc(Oc5ccc(Cl)cc5)cc4)C3=O)c2)c1OC. The van der Waals surface area contributed by atoms with Crippen molar-refractivity contribution in [3.05, 3.63) is 143 Å². The van der Waals surface area contributed by atoms with Crippen LogP contribution in [0, 0.1) is 0 Å². The normalized spacial score (nSPS) is 14.2. The molecule has 52 heavy (non-hydrogen) atoms. The van der Waals surface area contributed by atoms with Crippen LogP contribution in [0.1, 0.15) is 22.3 Å². The van der Waals surface area contributed by atoms with Crippen LogP contribution in [0.3, 0.4) is 0 Å². The molecule has 0 aromatic heterocycles. The van der Waals surface area contributed by atoms with Crippen LogP contribution in [0.2, 0.25) is 5.02 Å². The van der Waals surface area contributed by atoms with E-state index in [9.17, 15) is 19.2 Å². The summed E-state index contributed by atoms with van der Waals surface area (Å²) in [6.07, 6.45) is 1.51. The third-order valence-electron chi connectivity index (χ3n) is 7.88. The topological polar surface area (TPSA) is 123 Å². The summed E-state index contributed by atoms with van der Waals surface area (Å²) in [5.41, 5.74) is 1.67. The Morgan fingerprint density at radius 3 is 2.21 bits per heavy atom. The van der Waals surface area contributed by atoms with Crippen molar-refractivity contribution in [1.29, 1.82) is 0 Å². The molecular formula is C40H32ClN3O7S. The van der Waals surface area contributed by atoms with Crippen LogP contribution in [0.15, 0.2) is 132 Å². The number of hydrogen-bond donors (Lipinski definition) is 2. The molecule has 262 valence electrons. The molecule has 5 aromatic rings. The number of anilines is 2. The Morgan fingerprint density at radius 1 is 0.827 bits per heavy atom. The van der Waals surface area contributed by atoms with Crippen LogP contribution >= 0.6 is 23.4 Å². The molecule has 1 fully saturated rings. The molecule has 12 heteroatoms. The lowest BCUT2D eigenvalue weighted by molar-refractivity contribution is -0.121. The number of hydrogen-bond acceptors (Lipinski definition) is 8. The largest absolute Gasteiger partial charge is 0.493 e. The van der Waals surface area contributed by atoms with E-state index >= 15 is 0 Å². The molecule has 1 unspecified atom stereocenters. The van der Waals surface area contributed by atoms with Crippen LogP contribution in [0.5, 0.6) is 23.0 Å². The molecule has 0 bridgehead atoms. The predicted octanol–water partition coefficient (Wildman–Crippen LogP) is 7.98. The zero-order valence-electron chi connectivity index (χ0n) is 28.0. The number of methoxy groups -OCH3 is 2. The van der Waals surface area contributed by atoms with Crippen molar-refractivity contribution in [3.8, 4) is 23.0 Å². The number of nitrogens with zero attached hydrogens (tertiary/aromatic N) is 1. The number of rotatable bonds is 12. The fraction of sp³-hybridized carbons (Fsp3) is 0.100. The number of benzene rings is 5. The lowest BCUT2D eigenvalue weighted by atomic mass is 10.1. The fourth-order valence-electron chi connectivity index (χ4n) is 5.40. The van der Waals surface area contributed by atoms with Crippen molar-refractivity contribution in [1.82, 2.24) is 5.32 Å². The first kappa shape index (κ1) is 35.8. The third kappa shape index (κ3) is 8.45. The summed E-state index contributed by atoms with van der Waals surface area (Å²) in [4.78, 5) is 55.2. The Morgan fingerprint density at radius 2 is 1.52 bits per heavy atom. The second-order valence-electron chi connectivity index (χ2n) is 11.4. The number of carbonyl (C=O) groups is 4. The van der Waals surface area contributed by atoms with Crippen LogP contribution in [0.4, 0.5) is 11.4 Å². The van der Waals surface area contributed by atoms with Crippen LogP contribution < -0.4 is 29.7 Å². The maximum Gasteiger partial charge on any atom is 0.272 e. The molecule has 0 spiro atoms. The number of para-hydroxylation sites is 1. The highest BCUT2D eigenvalue weighted by atomic mass is 35.5. The Kier molecular flexibility index (Phi) is 11.2. The average Bonchev–Trinajstić information content (AvgIpc) is 3.44. The minimum atomic E-state index is -0.676. The number of nitrogens with one attached hydrogen (secondary N) is 2. The molecule has 1 heterocycles. The summed E-state index contributed by atoms with van der Waals surface area (Å²) >= 11 is 7.17. The van der Waals surface area contributed by atoms with E-state index < -0.39 is 17.1 Å². The number of imide groups is 1. The summed E-state index contributed by atoms with van der Waals surface area (Å²) < 4.78 is 16.8. The second kappa shape index (κ2) is 16.3. The van der Waals surface area contributed by atoms with Crippen molar-refractivity contribution in [2.45, 2.75) is 16.6 Å². The second-order valence-corrected chi connectivity index (χ2v) is 13.1. The van der Waals surface area contributed by atoms with Crippen LogP contribution in [-0.4, -0.2) is 43.1 Å². The molecule has 0 radical (unpaired) electrons. The first-order chi connectivity index (χ1) is 25.2. The van der Waals surface area contributed by atoms with E-state index in [-0.39, 0.29) is 23.9 Å². The predicted molar refractivity (Wildman–Crippen MR) is 201 cm³/mol. The Bertz CT molecular complexity index is 2140. The fourth-order valence-corrected chi connectivity index (χ4v) is 6.64. The van der Waals surface area contributed by atoms with E-state index in [2.05, 4.69) is 10.6 Å². The van der Waals surface area contributed by atoms with E-state index in [0.717, 1.165) is 0 Å². The third-order valence-corrected chi connectivity index (χ3v) is 9.31. The van der Waals surface area contributed by atoms with Gasteiger partial charge in [0, 0.05) is 33.2 Å². The summed E-state index contributed by atoms with van der Waals surface area (Å²) in [6.45, 7) is 0. The smallest absolute Gasteiger partial charge is 0.272 e. The minimum Gasteiger partial charge on any atom is -0.493 e. The van der Waals surface area contributed by atoms with Crippen LogP contribution in [-0.2, 0) is 14.4 Å². The van der Waals surface area contributed by atoms with Crippen molar-refractivity contribution in [2.24, 2.45) is 0 Å². The van der Waals surface area contributed by atoms with Gasteiger partial charge in [0.05, 0.1) is 25.2 Å². The monoisotopic (exact) mass is 733 g/mol. The Labute approximate surface area is 309 Å². The van der Waals surface area contributed by atoms with E-state index in [1.165, 1.54) is 37.0 Å². The van der Waals surface area contributed by atoms with Gasteiger partial charge in [0.1, 0.15) is 17.2 Å². The maximum atomic E-state index is 13.7. The zero-order chi connectivity index (χ0) is 36.6. The summed E-state index contributed by atoms with van der Waals surface area (Å²) in [5.74, 6) is 0.219. The lowest BCUT2D eigenvalue weighted by Gasteiger charge is -2.16. The average molecular weight is 734 g/mol. The number of thioether (sulfide) groups is 1. The Hall–Kier alpha value is -6.04. The number of ether oxygens (including phenoxy) is 3. The van der Waals surface area contributed by atoms with Gasteiger partial charge in [-0.3, -0.25) is 19.2 Å². The molecule has 1 aliphatic rings. The number of carbonyl (C=O) groups excluding carboxylic acids is 4.